The lowest BCUT2D eigenvalue weighted by Crippen LogP contribution is -2.47. The van der Waals surface area contributed by atoms with Crippen LogP contribution in [0.5, 0.6) is 0 Å². The molecule has 1 aliphatic heterocycles. The second-order valence-electron chi connectivity index (χ2n) is 6.96. The van der Waals surface area contributed by atoms with Crippen molar-refractivity contribution in [1.82, 2.24) is 4.90 Å². The third-order valence-corrected chi connectivity index (χ3v) is 4.48. The van der Waals surface area contributed by atoms with Gasteiger partial charge in [0.15, 0.2) is 0 Å². The van der Waals surface area contributed by atoms with Crippen molar-refractivity contribution in [3.63, 3.8) is 0 Å². The van der Waals surface area contributed by atoms with Gasteiger partial charge in [0, 0.05) is 17.8 Å². The summed E-state index contributed by atoms with van der Waals surface area (Å²) >= 11 is 0. The van der Waals surface area contributed by atoms with Crippen LogP contribution in [-0.2, 0) is 4.79 Å². The van der Waals surface area contributed by atoms with Gasteiger partial charge in [-0.1, -0.05) is 26.0 Å². The van der Waals surface area contributed by atoms with Crippen LogP contribution >= 0.6 is 0 Å². The summed E-state index contributed by atoms with van der Waals surface area (Å²) in [6, 6.07) is 10.8. The van der Waals surface area contributed by atoms with E-state index >= 15 is 0 Å². The van der Waals surface area contributed by atoms with Crippen molar-refractivity contribution in [2.24, 2.45) is 5.92 Å². The number of fused-ring (bicyclic) bond motifs is 1. The molecule has 0 bridgehead atoms. The van der Waals surface area contributed by atoms with Crippen LogP contribution in [0, 0.1) is 16.0 Å². The lowest BCUT2D eigenvalue weighted by atomic mass is 10.0. The SMILES string of the molecule is CC(C)C[C@H](C(=O)Nc1ccc([N+](=O)[O-])cc1)N1C(=O)c2ccccc2C1=O. The van der Waals surface area contributed by atoms with Gasteiger partial charge in [0.1, 0.15) is 6.04 Å². The number of carbonyl (C=O) groups excluding carboxylic acids is 3. The normalized spacial score (nSPS) is 14.2. The number of non-ortho nitro benzene ring substituents is 1. The van der Waals surface area contributed by atoms with Gasteiger partial charge in [-0.05, 0) is 36.6 Å². The number of hydrogen-bond donors (Lipinski definition) is 1. The third-order valence-electron chi connectivity index (χ3n) is 4.48. The molecular formula is C20H19N3O5. The van der Waals surface area contributed by atoms with Crippen molar-refractivity contribution >= 4 is 29.1 Å². The number of benzene rings is 2. The average Bonchev–Trinajstić information content (AvgIpc) is 2.91. The molecule has 0 aromatic heterocycles. The van der Waals surface area contributed by atoms with E-state index in [4.69, 9.17) is 0 Å². The number of nitro groups is 1. The maximum Gasteiger partial charge on any atom is 0.269 e. The molecule has 28 heavy (non-hydrogen) atoms. The summed E-state index contributed by atoms with van der Waals surface area (Å²) in [4.78, 5) is 49.6. The Morgan fingerprint density at radius 3 is 2.04 bits per heavy atom. The zero-order valence-corrected chi connectivity index (χ0v) is 15.4. The standard InChI is InChI=1S/C20H19N3O5/c1-12(2)11-17(18(24)21-13-7-9-14(10-8-13)23(27)28)22-19(25)15-5-3-4-6-16(15)20(22)26/h3-10,12,17H,11H2,1-2H3,(H,21,24)/t17-/m1/s1. The molecule has 0 fully saturated rings. The molecule has 0 aliphatic carbocycles. The molecule has 0 spiro atoms. The lowest BCUT2D eigenvalue weighted by molar-refractivity contribution is -0.384. The Hall–Kier alpha value is -3.55. The molecule has 8 heteroatoms. The third kappa shape index (κ3) is 3.62. The fourth-order valence-electron chi connectivity index (χ4n) is 3.16. The molecule has 144 valence electrons. The predicted molar refractivity (Wildman–Crippen MR) is 102 cm³/mol. The summed E-state index contributed by atoms with van der Waals surface area (Å²) in [7, 11) is 0. The summed E-state index contributed by atoms with van der Waals surface area (Å²) in [5, 5.41) is 13.4. The van der Waals surface area contributed by atoms with Gasteiger partial charge in [-0.3, -0.25) is 29.4 Å². The molecule has 0 unspecified atom stereocenters. The zero-order chi connectivity index (χ0) is 20.4. The first-order valence-corrected chi connectivity index (χ1v) is 8.82. The highest BCUT2D eigenvalue weighted by Crippen LogP contribution is 2.27. The number of anilines is 1. The van der Waals surface area contributed by atoms with Crippen LogP contribution in [0.3, 0.4) is 0 Å². The number of carbonyl (C=O) groups is 3. The number of amides is 3. The molecule has 2 aromatic carbocycles. The first-order valence-electron chi connectivity index (χ1n) is 8.82. The molecule has 1 N–H and O–H groups in total. The Morgan fingerprint density at radius 2 is 1.57 bits per heavy atom. The van der Waals surface area contributed by atoms with Gasteiger partial charge in [-0.2, -0.15) is 0 Å². The molecule has 2 aromatic rings. The van der Waals surface area contributed by atoms with Crippen LogP contribution in [0.2, 0.25) is 0 Å². The molecule has 0 saturated heterocycles. The lowest BCUT2D eigenvalue weighted by Gasteiger charge is -2.26. The van der Waals surface area contributed by atoms with E-state index in [2.05, 4.69) is 5.32 Å². The largest absolute Gasteiger partial charge is 0.324 e. The van der Waals surface area contributed by atoms with E-state index in [-0.39, 0.29) is 22.7 Å². The van der Waals surface area contributed by atoms with Crippen LogP contribution in [0.1, 0.15) is 41.0 Å². The van der Waals surface area contributed by atoms with Crippen LogP contribution in [0.4, 0.5) is 11.4 Å². The Labute approximate surface area is 161 Å². The van der Waals surface area contributed by atoms with Crippen LogP contribution < -0.4 is 5.32 Å². The number of hydrogen-bond acceptors (Lipinski definition) is 5. The average molecular weight is 381 g/mol. The maximum atomic E-state index is 12.9. The topological polar surface area (TPSA) is 110 Å². The van der Waals surface area contributed by atoms with Crippen molar-refractivity contribution in [2.75, 3.05) is 5.32 Å². The molecule has 1 heterocycles. The number of nitro benzene ring substituents is 1. The smallest absolute Gasteiger partial charge is 0.269 e. The summed E-state index contributed by atoms with van der Waals surface area (Å²) in [5.74, 6) is -1.45. The van der Waals surface area contributed by atoms with Gasteiger partial charge < -0.3 is 5.32 Å². The zero-order valence-electron chi connectivity index (χ0n) is 15.4. The second kappa shape index (κ2) is 7.59. The minimum Gasteiger partial charge on any atom is -0.324 e. The Kier molecular flexibility index (Phi) is 5.21. The fraction of sp³-hybridized carbons (Fsp3) is 0.250. The van der Waals surface area contributed by atoms with Gasteiger partial charge in [0.05, 0.1) is 16.1 Å². The monoisotopic (exact) mass is 381 g/mol. The number of nitrogens with zero attached hydrogens (tertiary/aromatic N) is 2. The molecule has 1 aliphatic rings. The maximum absolute atomic E-state index is 12.9. The molecule has 1 atom stereocenters. The Bertz CT molecular complexity index is 918. The first-order chi connectivity index (χ1) is 13.3. The highest BCUT2D eigenvalue weighted by Gasteiger charge is 2.42. The summed E-state index contributed by atoms with van der Waals surface area (Å²) in [6.07, 6.45) is 0.296. The van der Waals surface area contributed by atoms with Gasteiger partial charge in [0.2, 0.25) is 5.91 Å². The summed E-state index contributed by atoms with van der Waals surface area (Å²) in [6.45, 7) is 3.79. The molecule has 8 nitrogen and oxygen atoms in total. The van der Waals surface area contributed by atoms with Gasteiger partial charge >= 0.3 is 0 Å². The van der Waals surface area contributed by atoms with Crippen molar-refractivity contribution in [2.45, 2.75) is 26.3 Å². The van der Waals surface area contributed by atoms with Crippen LogP contribution in [0.15, 0.2) is 48.5 Å². The highest BCUT2D eigenvalue weighted by molar-refractivity contribution is 6.23. The molecule has 0 saturated carbocycles. The van der Waals surface area contributed by atoms with Gasteiger partial charge in [-0.25, -0.2) is 0 Å². The van der Waals surface area contributed by atoms with Gasteiger partial charge in [0.25, 0.3) is 17.5 Å². The minimum absolute atomic E-state index is 0.0527. The summed E-state index contributed by atoms with van der Waals surface area (Å²) in [5.41, 5.74) is 0.812. The van der Waals surface area contributed by atoms with E-state index in [1.54, 1.807) is 24.3 Å². The van der Waals surface area contributed by atoms with Crippen LogP contribution in [0.25, 0.3) is 0 Å². The molecule has 0 radical (unpaired) electrons. The first kappa shape index (κ1) is 19.2. The van der Waals surface area contributed by atoms with Gasteiger partial charge in [-0.15, -0.1) is 0 Å². The highest BCUT2D eigenvalue weighted by atomic mass is 16.6. The second-order valence-corrected chi connectivity index (χ2v) is 6.96. The predicted octanol–water partition coefficient (Wildman–Crippen LogP) is 3.24. The number of nitrogens with one attached hydrogen (secondary N) is 1. The van der Waals surface area contributed by atoms with E-state index in [9.17, 15) is 24.5 Å². The van der Waals surface area contributed by atoms with Crippen LogP contribution in [-0.4, -0.2) is 33.6 Å². The van der Waals surface area contributed by atoms with E-state index in [1.807, 2.05) is 13.8 Å². The van der Waals surface area contributed by atoms with Crippen molar-refractivity contribution in [3.05, 3.63) is 69.8 Å². The Morgan fingerprint density at radius 1 is 1.04 bits per heavy atom. The quantitative estimate of drug-likeness (QED) is 0.469. The van der Waals surface area contributed by atoms with Crippen molar-refractivity contribution in [1.29, 1.82) is 0 Å². The van der Waals surface area contributed by atoms with Crippen molar-refractivity contribution in [3.8, 4) is 0 Å². The van der Waals surface area contributed by atoms with E-state index in [0.29, 0.717) is 12.1 Å². The summed E-state index contributed by atoms with van der Waals surface area (Å²) < 4.78 is 0. The minimum atomic E-state index is -0.984. The van der Waals surface area contributed by atoms with E-state index in [1.165, 1.54) is 24.3 Å². The number of imide groups is 1. The molecule has 3 rings (SSSR count). The molecular weight excluding hydrogens is 362 g/mol. The number of rotatable bonds is 6. The van der Waals surface area contributed by atoms with E-state index in [0.717, 1.165) is 4.90 Å². The molecule has 3 amide bonds. The van der Waals surface area contributed by atoms with E-state index < -0.39 is 28.7 Å². The Balaban J connectivity index is 1.86. The van der Waals surface area contributed by atoms with Crippen molar-refractivity contribution < 1.29 is 19.3 Å². The fourth-order valence-corrected chi connectivity index (χ4v) is 3.16.